The molecular formula is C15H32N2. The summed E-state index contributed by atoms with van der Waals surface area (Å²) < 4.78 is 0. The summed E-state index contributed by atoms with van der Waals surface area (Å²) in [4.78, 5) is 2.67. The van der Waals surface area contributed by atoms with Gasteiger partial charge in [-0.2, -0.15) is 0 Å². The molecule has 2 heteroatoms. The van der Waals surface area contributed by atoms with Crippen molar-refractivity contribution in [1.82, 2.24) is 10.2 Å². The Morgan fingerprint density at radius 2 is 2.00 bits per heavy atom. The average Bonchev–Trinajstić information content (AvgIpc) is 2.48. The molecule has 1 N–H and O–H groups in total. The molecule has 0 spiro atoms. The first-order valence-electron chi connectivity index (χ1n) is 7.61. The molecule has 0 amide bonds. The first-order chi connectivity index (χ1) is 8.18. The largest absolute Gasteiger partial charge is 0.316 e. The van der Waals surface area contributed by atoms with Crippen LogP contribution >= 0.6 is 0 Å². The van der Waals surface area contributed by atoms with Gasteiger partial charge in [-0.05, 0) is 76.7 Å². The molecule has 0 saturated carbocycles. The second-order valence-corrected chi connectivity index (χ2v) is 6.18. The fourth-order valence-electron chi connectivity index (χ4n) is 2.52. The van der Waals surface area contributed by atoms with Crippen LogP contribution in [0, 0.1) is 11.8 Å². The van der Waals surface area contributed by atoms with Crippen molar-refractivity contribution in [3.63, 3.8) is 0 Å². The molecule has 1 unspecified atom stereocenters. The number of unbranched alkanes of at least 4 members (excludes halogenated alkanes) is 1. The number of nitrogens with zero attached hydrogens (tertiary/aromatic N) is 1. The minimum Gasteiger partial charge on any atom is -0.316 e. The van der Waals surface area contributed by atoms with E-state index in [4.69, 9.17) is 0 Å². The van der Waals surface area contributed by atoms with Gasteiger partial charge < -0.3 is 10.2 Å². The molecule has 0 aliphatic carbocycles. The number of nitrogens with one attached hydrogen (secondary N) is 1. The number of likely N-dealkylation sites (tertiary alicyclic amines) is 1. The molecule has 1 aliphatic rings. The first-order valence-corrected chi connectivity index (χ1v) is 7.61. The second-order valence-electron chi connectivity index (χ2n) is 6.18. The summed E-state index contributed by atoms with van der Waals surface area (Å²) in [6, 6.07) is 0. The minimum atomic E-state index is 0.780. The molecule has 1 rings (SSSR count). The molecule has 0 radical (unpaired) electrons. The Kier molecular flexibility index (Phi) is 7.87. The number of rotatable bonds is 7. The van der Waals surface area contributed by atoms with E-state index in [9.17, 15) is 0 Å². The monoisotopic (exact) mass is 240 g/mol. The zero-order valence-electron chi connectivity index (χ0n) is 12.2. The highest BCUT2D eigenvalue weighted by Gasteiger charge is 2.12. The third-order valence-corrected chi connectivity index (χ3v) is 3.74. The molecule has 0 aromatic carbocycles. The van der Waals surface area contributed by atoms with E-state index < -0.39 is 0 Å². The van der Waals surface area contributed by atoms with Crippen LogP contribution in [0.3, 0.4) is 0 Å². The maximum absolute atomic E-state index is 3.52. The van der Waals surface area contributed by atoms with Crippen molar-refractivity contribution >= 4 is 0 Å². The Hall–Kier alpha value is -0.0800. The van der Waals surface area contributed by atoms with Gasteiger partial charge in [0.2, 0.25) is 0 Å². The Labute approximate surface area is 108 Å². The third-order valence-electron chi connectivity index (χ3n) is 3.74. The Morgan fingerprint density at radius 1 is 1.18 bits per heavy atom. The Bertz CT molecular complexity index is 180. The highest BCUT2D eigenvalue weighted by Crippen LogP contribution is 2.16. The van der Waals surface area contributed by atoms with Gasteiger partial charge in [0.15, 0.2) is 0 Å². The summed E-state index contributed by atoms with van der Waals surface area (Å²) in [7, 11) is 0. The lowest BCUT2D eigenvalue weighted by Crippen LogP contribution is -2.27. The van der Waals surface area contributed by atoms with E-state index in [1.165, 1.54) is 64.8 Å². The highest BCUT2D eigenvalue weighted by molar-refractivity contribution is 4.67. The topological polar surface area (TPSA) is 15.3 Å². The van der Waals surface area contributed by atoms with Crippen molar-refractivity contribution < 1.29 is 0 Å². The summed E-state index contributed by atoms with van der Waals surface area (Å²) in [6.07, 6.45) is 6.95. The van der Waals surface area contributed by atoms with E-state index in [0.29, 0.717) is 0 Å². The lowest BCUT2D eigenvalue weighted by molar-refractivity contribution is 0.275. The molecule has 17 heavy (non-hydrogen) atoms. The van der Waals surface area contributed by atoms with E-state index in [0.717, 1.165) is 11.8 Å². The van der Waals surface area contributed by atoms with Crippen LogP contribution < -0.4 is 5.32 Å². The van der Waals surface area contributed by atoms with E-state index in [1.807, 2.05) is 0 Å². The van der Waals surface area contributed by atoms with Crippen LogP contribution in [0.25, 0.3) is 0 Å². The fraction of sp³-hybridized carbons (Fsp3) is 1.00. The third kappa shape index (κ3) is 7.77. The normalized spacial score (nSPS) is 22.9. The molecule has 1 atom stereocenters. The molecule has 1 saturated heterocycles. The summed E-state index contributed by atoms with van der Waals surface area (Å²) in [5.74, 6) is 1.73. The molecule has 0 aromatic rings. The van der Waals surface area contributed by atoms with Gasteiger partial charge in [0.25, 0.3) is 0 Å². The van der Waals surface area contributed by atoms with Crippen LogP contribution in [0.2, 0.25) is 0 Å². The van der Waals surface area contributed by atoms with Gasteiger partial charge in [-0.25, -0.2) is 0 Å². The summed E-state index contributed by atoms with van der Waals surface area (Å²) in [5, 5.41) is 3.52. The van der Waals surface area contributed by atoms with Crippen LogP contribution in [0.5, 0.6) is 0 Å². The van der Waals surface area contributed by atoms with Crippen LogP contribution in [0.4, 0.5) is 0 Å². The van der Waals surface area contributed by atoms with Gasteiger partial charge in [-0.3, -0.25) is 0 Å². The highest BCUT2D eigenvalue weighted by atomic mass is 15.1. The molecule has 1 fully saturated rings. The molecule has 2 nitrogen and oxygen atoms in total. The van der Waals surface area contributed by atoms with E-state index in [-0.39, 0.29) is 0 Å². The van der Waals surface area contributed by atoms with Gasteiger partial charge in [-0.15, -0.1) is 0 Å². The van der Waals surface area contributed by atoms with Crippen LogP contribution in [0.15, 0.2) is 0 Å². The number of hydrogen-bond acceptors (Lipinski definition) is 2. The Balaban J connectivity index is 1.95. The van der Waals surface area contributed by atoms with Gasteiger partial charge >= 0.3 is 0 Å². The van der Waals surface area contributed by atoms with E-state index in [1.54, 1.807) is 0 Å². The minimum absolute atomic E-state index is 0.780. The van der Waals surface area contributed by atoms with Crippen LogP contribution in [-0.4, -0.2) is 37.6 Å². The summed E-state index contributed by atoms with van der Waals surface area (Å²) in [6.45, 7) is 13.3. The van der Waals surface area contributed by atoms with Crippen molar-refractivity contribution in [2.45, 2.75) is 52.9 Å². The molecular weight excluding hydrogens is 208 g/mol. The maximum atomic E-state index is 3.52. The van der Waals surface area contributed by atoms with Crippen molar-refractivity contribution in [2.75, 3.05) is 32.7 Å². The maximum Gasteiger partial charge on any atom is -0.00162 e. The fourth-order valence-corrected chi connectivity index (χ4v) is 2.52. The molecule has 1 heterocycles. The predicted octanol–water partition coefficient (Wildman–Crippen LogP) is 3.13. The van der Waals surface area contributed by atoms with Crippen molar-refractivity contribution in [2.24, 2.45) is 11.8 Å². The quantitative estimate of drug-likeness (QED) is 0.688. The van der Waals surface area contributed by atoms with Gasteiger partial charge in [0.05, 0.1) is 0 Å². The van der Waals surface area contributed by atoms with E-state index in [2.05, 4.69) is 31.0 Å². The van der Waals surface area contributed by atoms with Gasteiger partial charge in [0, 0.05) is 0 Å². The molecule has 1 aliphatic heterocycles. The van der Waals surface area contributed by atoms with Crippen molar-refractivity contribution in [3.8, 4) is 0 Å². The predicted molar refractivity (Wildman–Crippen MR) is 76.4 cm³/mol. The van der Waals surface area contributed by atoms with Gasteiger partial charge in [-0.1, -0.05) is 20.8 Å². The van der Waals surface area contributed by atoms with Crippen LogP contribution in [-0.2, 0) is 0 Å². The van der Waals surface area contributed by atoms with Crippen molar-refractivity contribution in [1.29, 1.82) is 0 Å². The van der Waals surface area contributed by atoms with E-state index >= 15 is 0 Å². The summed E-state index contributed by atoms with van der Waals surface area (Å²) >= 11 is 0. The zero-order chi connectivity index (χ0) is 12.5. The average molecular weight is 240 g/mol. The van der Waals surface area contributed by atoms with Crippen LogP contribution in [0.1, 0.15) is 52.9 Å². The molecule has 0 aromatic heterocycles. The standard InChI is InChI=1S/C15H32N2/c1-14(2)13-16-9-4-5-10-17-11-6-7-15(3)8-12-17/h14-16H,4-13H2,1-3H3. The molecule has 0 bridgehead atoms. The Morgan fingerprint density at radius 3 is 2.76 bits per heavy atom. The second kappa shape index (κ2) is 8.93. The number of hydrogen-bond donors (Lipinski definition) is 1. The van der Waals surface area contributed by atoms with Crippen molar-refractivity contribution in [3.05, 3.63) is 0 Å². The SMILES string of the molecule is CC(C)CNCCCCN1CCCC(C)CC1. The molecule has 102 valence electrons. The lowest BCUT2D eigenvalue weighted by Gasteiger charge is -2.19. The summed E-state index contributed by atoms with van der Waals surface area (Å²) in [5.41, 5.74) is 0. The zero-order valence-corrected chi connectivity index (χ0v) is 12.2. The smallest absolute Gasteiger partial charge is 0.00162 e. The first kappa shape index (κ1) is 15.0. The van der Waals surface area contributed by atoms with Gasteiger partial charge in [0.1, 0.15) is 0 Å². The lowest BCUT2D eigenvalue weighted by atomic mass is 10.0.